The van der Waals surface area contributed by atoms with Crippen LogP contribution in [0, 0.1) is 13.8 Å². The molecule has 3 amide bonds. The molecule has 1 aromatic heterocycles. The number of aromatic nitrogens is 1. The Bertz CT molecular complexity index is 1050. The van der Waals surface area contributed by atoms with Crippen molar-refractivity contribution in [2.75, 3.05) is 17.2 Å². The molecule has 0 aliphatic rings. The lowest BCUT2D eigenvalue weighted by Crippen LogP contribution is -2.32. The number of aryl methyl sites for hydroxylation is 2. The topological polar surface area (TPSA) is 100 Å². The lowest BCUT2D eigenvalue weighted by Gasteiger charge is -2.07. The van der Waals surface area contributed by atoms with E-state index in [2.05, 4.69) is 20.9 Å². The van der Waals surface area contributed by atoms with Gasteiger partial charge in [0.25, 0.3) is 5.91 Å². The lowest BCUT2D eigenvalue weighted by molar-refractivity contribution is -0.115. The summed E-state index contributed by atoms with van der Waals surface area (Å²) in [5.74, 6) is -0.818. The molecular formula is C20H20N4O3S. The average Bonchev–Trinajstić information content (AvgIpc) is 2.99. The molecule has 0 fully saturated rings. The van der Waals surface area contributed by atoms with E-state index in [9.17, 15) is 14.4 Å². The van der Waals surface area contributed by atoms with Crippen LogP contribution in [0.4, 0.5) is 10.8 Å². The molecule has 1 heterocycles. The third kappa shape index (κ3) is 4.92. The molecule has 0 aliphatic heterocycles. The second-order valence-corrected chi connectivity index (χ2v) is 7.52. The first-order chi connectivity index (χ1) is 13.3. The third-order valence-corrected chi connectivity index (χ3v) is 4.78. The number of nitrogens with one attached hydrogen (secondary N) is 3. The molecule has 0 spiro atoms. The van der Waals surface area contributed by atoms with Crippen LogP contribution in [0.5, 0.6) is 0 Å². The third-order valence-electron chi connectivity index (χ3n) is 3.85. The number of rotatable bonds is 5. The molecule has 3 aromatic rings. The first kappa shape index (κ1) is 19.5. The van der Waals surface area contributed by atoms with Gasteiger partial charge in [-0.25, -0.2) is 4.98 Å². The number of nitrogens with zero attached hydrogens (tertiary/aromatic N) is 1. The van der Waals surface area contributed by atoms with Gasteiger partial charge >= 0.3 is 0 Å². The summed E-state index contributed by atoms with van der Waals surface area (Å²) in [6, 6.07) is 10.9. The number of anilines is 2. The highest BCUT2D eigenvalue weighted by Crippen LogP contribution is 2.28. The minimum atomic E-state index is -0.362. The Kier molecular flexibility index (Phi) is 5.70. The maximum absolute atomic E-state index is 12.2. The average molecular weight is 396 g/mol. The number of amides is 3. The van der Waals surface area contributed by atoms with Crippen molar-refractivity contribution in [2.45, 2.75) is 20.8 Å². The van der Waals surface area contributed by atoms with Crippen LogP contribution in [0.25, 0.3) is 10.2 Å². The molecule has 2 aromatic carbocycles. The summed E-state index contributed by atoms with van der Waals surface area (Å²) in [4.78, 5) is 39.9. The summed E-state index contributed by atoms with van der Waals surface area (Å²) >= 11 is 1.29. The van der Waals surface area contributed by atoms with E-state index in [4.69, 9.17) is 0 Å². The van der Waals surface area contributed by atoms with Gasteiger partial charge in [-0.3, -0.25) is 14.4 Å². The van der Waals surface area contributed by atoms with Crippen molar-refractivity contribution >= 4 is 50.1 Å². The van der Waals surface area contributed by atoms with Crippen LogP contribution < -0.4 is 16.0 Å². The van der Waals surface area contributed by atoms with Crippen molar-refractivity contribution < 1.29 is 14.4 Å². The maximum Gasteiger partial charge on any atom is 0.251 e. The number of hydrogen-bond acceptors (Lipinski definition) is 5. The quantitative estimate of drug-likeness (QED) is 0.616. The van der Waals surface area contributed by atoms with Gasteiger partial charge < -0.3 is 16.0 Å². The molecule has 0 saturated carbocycles. The van der Waals surface area contributed by atoms with Crippen LogP contribution in [0.2, 0.25) is 0 Å². The minimum Gasteiger partial charge on any atom is -0.343 e. The first-order valence-corrected chi connectivity index (χ1v) is 9.46. The van der Waals surface area contributed by atoms with Gasteiger partial charge in [0, 0.05) is 18.2 Å². The van der Waals surface area contributed by atoms with Crippen molar-refractivity contribution in [3.63, 3.8) is 0 Å². The first-order valence-electron chi connectivity index (χ1n) is 8.65. The molecule has 0 unspecified atom stereocenters. The van der Waals surface area contributed by atoms with E-state index >= 15 is 0 Å². The fourth-order valence-corrected chi connectivity index (χ4v) is 3.71. The van der Waals surface area contributed by atoms with Gasteiger partial charge in [-0.1, -0.05) is 28.5 Å². The van der Waals surface area contributed by atoms with E-state index in [-0.39, 0.29) is 24.3 Å². The molecule has 3 rings (SSSR count). The summed E-state index contributed by atoms with van der Waals surface area (Å²) in [5, 5.41) is 8.44. The van der Waals surface area contributed by atoms with Crippen LogP contribution in [-0.4, -0.2) is 29.3 Å². The molecule has 0 atom stereocenters. The Morgan fingerprint density at radius 2 is 1.71 bits per heavy atom. The number of hydrogen-bond donors (Lipinski definition) is 3. The summed E-state index contributed by atoms with van der Waals surface area (Å²) in [6.45, 7) is 5.12. The summed E-state index contributed by atoms with van der Waals surface area (Å²) in [7, 11) is 0. The summed E-state index contributed by atoms with van der Waals surface area (Å²) in [5.41, 5.74) is 3.89. The Morgan fingerprint density at radius 3 is 2.39 bits per heavy atom. The molecule has 144 valence electrons. The maximum atomic E-state index is 12.2. The monoisotopic (exact) mass is 396 g/mol. The highest BCUT2D eigenvalue weighted by molar-refractivity contribution is 7.22. The Hall–Kier alpha value is -3.26. The molecule has 0 saturated heterocycles. The Balaban J connectivity index is 1.61. The molecular weight excluding hydrogens is 376 g/mol. The highest BCUT2D eigenvalue weighted by Gasteiger charge is 2.12. The number of carbonyl (C=O) groups is 3. The number of fused-ring (bicyclic) bond motifs is 1. The second kappa shape index (κ2) is 8.18. The molecule has 0 aliphatic carbocycles. The fourth-order valence-electron chi connectivity index (χ4n) is 2.79. The van der Waals surface area contributed by atoms with E-state index < -0.39 is 0 Å². The van der Waals surface area contributed by atoms with E-state index in [0.29, 0.717) is 21.9 Å². The highest BCUT2D eigenvalue weighted by atomic mass is 32.1. The zero-order chi connectivity index (χ0) is 20.3. The normalized spacial score (nSPS) is 10.5. The van der Waals surface area contributed by atoms with Crippen molar-refractivity contribution in [3.05, 3.63) is 53.1 Å². The van der Waals surface area contributed by atoms with Crippen LogP contribution in [0.15, 0.2) is 36.4 Å². The number of carbonyl (C=O) groups excluding carboxylic acids is 3. The van der Waals surface area contributed by atoms with Gasteiger partial charge in [0.15, 0.2) is 5.13 Å². The van der Waals surface area contributed by atoms with Crippen LogP contribution >= 0.6 is 11.3 Å². The second-order valence-electron chi connectivity index (χ2n) is 6.49. The molecule has 0 bridgehead atoms. The standard InChI is InChI=1S/C20H20N4O3S/c1-11-6-12(2)8-14(7-11)19(27)21-10-18(26)24-20-23-16-5-4-15(22-13(3)25)9-17(16)28-20/h4-9H,10H2,1-3H3,(H,21,27)(H,22,25)(H,23,24,26). The summed E-state index contributed by atoms with van der Waals surface area (Å²) < 4.78 is 0.834. The fraction of sp³-hybridized carbons (Fsp3) is 0.200. The van der Waals surface area contributed by atoms with Gasteiger partial charge in [-0.2, -0.15) is 0 Å². The lowest BCUT2D eigenvalue weighted by atomic mass is 10.1. The van der Waals surface area contributed by atoms with E-state index in [1.54, 1.807) is 30.3 Å². The minimum absolute atomic E-state index is 0.154. The van der Waals surface area contributed by atoms with Gasteiger partial charge in [0.05, 0.1) is 16.8 Å². The molecule has 7 nitrogen and oxygen atoms in total. The largest absolute Gasteiger partial charge is 0.343 e. The zero-order valence-electron chi connectivity index (χ0n) is 15.8. The molecule has 28 heavy (non-hydrogen) atoms. The van der Waals surface area contributed by atoms with Crippen molar-refractivity contribution in [1.29, 1.82) is 0 Å². The summed E-state index contributed by atoms with van der Waals surface area (Å²) in [6.07, 6.45) is 0. The van der Waals surface area contributed by atoms with Gasteiger partial charge in [-0.05, 0) is 44.2 Å². The van der Waals surface area contributed by atoms with E-state index in [1.165, 1.54) is 18.3 Å². The van der Waals surface area contributed by atoms with Crippen LogP contribution in [0.3, 0.4) is 0 Å². The van der Waals surface area contributed by atoms with Crippen molar-refractivity contribution in [1.82, 2.24) is 10.3 Å². The zero-order valence-corrected chi connectivity index (χ0v) is 16.6. The predicted molar refractivity (Wildman–Crippen MR) is 111 cm³/mol. The van der Waals surface area contributed by atoms with Crippen molar-refractivity contribution in [2.24, 2.45) is 0 Å². The van der Waals surface area contributed by atoms with E-state index in [0.717, 1.165) is 15.8 Å². The Morgan fingerprint density at radius 1 is 1.00 bits per heavy atom. The predicted octanol–water partition coefficient (Wildman–Crippen LogP) is 3.24. The SMILES string of the molecule is CC(=O)Nc1ccc2nc(NC(=O)CNC(=O)c3cc(C)cc(C)c3)sc2c1. The van der Waals surface area contributed by atoms with Crippen LogP contribution in [0.1, 0.15) is 28.4 Å². The van der Waals surface area contributed by atoms with Crippen LogP contribution in [-0.2, 0) is 9.59 Å². The number of thiazole rings is 1. The van der Waals surface area contributed by atoms with Gasteiger partial charge in [0.1, 0.15) is 0 Å². The molecule has 0 radical (unpaired) electrons. The Labute approximate surface area is 166 Å². The van der Waals surface area contributed by atoms with Crippen molar-refractivity contribution in [3.8, 4) is 0 Å². The van der Waals surface area contributed by atoms with Gasteiger partial charge in [-0.15, -0.1) is 0 Å². The smallest absolute Gasteiger partial charge is 0.251 e. The van der Waals surface area contributed by atoms with E-state index in [1.807, 2.05) is 19.9 Å². The number of benzene rings is 2. The van der Waals surface area contributed by atoms with Gasteiger partial charge in [0.2, 0.25) is 11.8 Å². The molecule has 3 N–H and O–H groups in total. The molecule has 8 heteroatoms.